The van der Waals surface area contributed by atoms with E-state index in [-0.39, 0.29) is 23.6 Å². The number of carbonyl (C=O) groups excluding carboxylic acids is 2. The van der Waals surface area contributed by atoms with Gasteiger partial charge in [-0.1, -0.05) is 55.9 Å². The van der Waals surface area contributed by atoms with Crippen molar-refractivity contribution in [1.82, 2.24) is 14.8 Å². The van der Waals surface area contributed by atoms with Crippen molar-refractivity contribution in [3.05, 3.63) is 47.1 Å². The number of thioether (sulfide) groups is 1. The Balaban J connectivity index is 1.77. The van der Waals surface area contributed by atoms with E-state index >= 15 is 0 Å². The summed E-state index contributed by atoms with van der Waals surface area (Å²) >= 11 is 2.64. The van der Waals surface area contributed by atoms with Crippen LogP contribution in [0.3, 0.4) is 0 Å². The van der Waals surface area contributed by atoms with Gasteiger partial charge in [0.15, 0.2) is 5.16 Å². The normalized spacial score (nSPS) is 11.2. The minimum atomic E-state index is -0.482. The number of nitrogens with one attached hydrogen (secondary N) is 1. The van der Waals surface area contributed by atoms with E-state index in [9.17, 15) is 9.59 Å². The number of methoxy groups -OCH3 is 1. The van der Waals surface area contributed by atoms with Gasteiger partial charge in [0.25, 0.3) is 0 Å². The number of esters is 1. The van der Waals surface area contributed by atoms with Crippen LogP contribution in [0.4, 0.5) is 5.00 Å². The summed E-state index contributed by atoms with van der Waals surface area (Å²) in [6.45, 7) is 8.27. The fourth-order valence-corrected chi connectivity index (χ4v) is 4.99. The Bertz CT molecular complexity index is 1060. The first kappa shape index (κ1) is 23.0. The van der Waals surface area contributed by atoms with Gasteiger partial charge in [-0.25, -0.2) is 4.79 Å². The van der Waals surface area contributed by atoms with Crippen molar-refractivity contribution in [2.45, 2.75) is 44.8 Å². The molecule has 1 N–H and O–H groups in total. The highest BCUT2D eigenvalue weighted by molar-refractivity contribution is 7.99. The van der Waals surface area contributed by atoms with Crippen LogP contribution in [0, 0.1) is 0 Å². The zero-order valence-corrected chi connectivity index (χ0v) is 19.8. The molecule has 0 spiro atoms. The molecule has 164 valence electrons. The Labute approximate surface area is 190 Å². The molecule has 0 atom stereocenters. The average molecular weight is 459 g/mol. The monoisotopic (exact) mass is 458 g/mol. The molecule has 0 unspecified atom stereocenters. The van der Waals surface area contributed by atoms with Gasteiger partial charge in [0, 0.05) is 22.9 Å². The number of ether oxygens (including phenoxy) is 1. The number of anilines is 1. The van der Waals surface area contributed by atoms with Crippen LogP contribution in [-0.4, -0.2) is 39.5 Å². The van der Waals surface area contributed by atoms with Gasteiger partial charge in [0.2, 0.25) is 5.91 Å². The summed E-state index contributed by atoms with van der Waals surface area (Å²) < 4.78 is 7.02. The van der Waals surface area contributed by atoms with Crippen LogP contribution in [0.2, 0.25) is 0 Å². The second-order valence-corrected chi connectivity index (χ2v) is 9.33. The third kappa shape index (κ3) is 5.16. The minimum Gasteiger partial charge on any atom is -0.465 e. The van der Waals surface area contributed by atoms with Crippen molar-refractivity contribution in [2.24, 2.45) is 0 Å². The van der Waals surface area contributed by atoms with Crippen molar-refractivity contribution in [3.63, 3.8) is 0 Å². The first-order chi connectivity index (χ1) is 14.8. The summed E-state index contributed by atoms with van der Waals surface area (Å²) in [5, 5.41) is 14.5. The number of hydrogen-bond acceptors (Lipinski definition) is 7. The number of amides is 1. The van der Waals surface area contributed by atoms with Gasteiger partial charge in [0.05, 0.1) is 12.9 Å². The van der Waals surface area contributed by atoms with E-state index in [0.29, 0.717) is 15.7 Å². The Kier molecular flexibility index (Phi) is 7.50. The van der Waals surface area contributed by atoms with Crippen LogP contribution < -0.4 is 5.32 Å². The number of aromatic nitrogens is 3. The second-order valence-electron chi connectivity index (χ2n) is 7.51. The molecule has 2 aromatic heterocycles. The fraction of sp³-hybridized carbons (Fsp3) is 0.364. The summed E-state index contributed by atoms with van der Waals surface area (Å²) in [7, 11) is 1.33. The quantitative estimate of drug-likeness (QED) is 0.367. The van der Waals surface area contributed by atoms with E-state index in [4.69, 9.17) is 4.74 Å². The standard InChI is InChI=1S/C22H26N4O3S2/c1-13(2)19-24-25-22(26(19)14(3)4)31-12-17(27)23-20-18(21(28)29-5)16(11-30-20)15-9-7-6-8-10-15/h6-11,13-14H,12H2,1-5H3,(H,23,27). The molecule has 7 nitrogen and oxygen atoms in total. The van der Waals surface area contributed by atoms with Gasteiger partial charge in [-0.05, 0) is 19.4 Å². The predicted octanol–water partition coefficient (Wildman–Crippen LogP) is 5.23. The van der Waals surface area contributed by atoms with Gasteiger partial charge < -0.3 is 14.6 Å². The zero-order chi connectivity index (χ0) is 22.5. The van der Waals surface area contributed by atoms with Gasteiger partial charge in [0.1, 0.15) is 16.4 Å². The molecule has 3 aromatic rings. The van der Waals surface area contributed by atoms with E-state index < -0.39 is 5.97 Å². The maximum absolute atomic E-state index is 12.7. The van der Waals surface area contributed by atoms with Gasteiger partial charge in [-0.2, -0.15) is 0 Å². The van der Waals surface area contributed by atoms with Crippen LogP contribution >= 0.6 is 23.1 Å². The molecule has 0 aliphatic heterocycles. The van der Waals surface area contributed by atoms with Crippen LogP contribution in [0.5, 0.6) is 0 Å². The largest absolute Gasteiger partial charge is 0.465 e. The lowest BCUT2D eigenvalue weighted by molar-refractivity contribution is -0.113. The highest BCUT2D eigenvalue weighted by atomic mass is 32.2. The molecule has 0 bridgehead atoms. The number of hydrogen-bond donors (Lipinski definition) is 1. The molecule has 9 heteroatoms. The average Bonchev–Trinajstić information content (AvgIpc) is 3.37. The number of nitrogens with zero attached hydrogens (tertiary/aromatic N) is 3. The molecule has 31 heavy (non-hydrogen) atoms. The van der Waals surface area contributed by atoms with E-state index in [1.807, 2.05) is 35.7 Å². The summed E-state index contributed by atoms with van der Waals surface area (Å²) in [4.78, 5) is 25.1. The lowest BCUT2D eigenvalue weighted by Crippen LogP contribution is -2.17. The maximum atomic E-state index is 12.7. The molecule has 0 fully saturated rings. The summed E-state index contributed by atoms with van der Waals surface area (Å²) in [6, 6.07) is 9.74. The van der Waals surface area contributed by atoms with E-state index in [0.717, 1.165) is 17.0 Å². The molecule has 1 aromatic carbocycles. The molecule has 2 heterocycles. The fourth-order valence-electron chi connectivity index (χ4n) is 3.14. The van der Waals surface area contributed by atoms with Crippen LogP contribution in [0.1, 0.15) is 55.8 Å². The first-order valence-corrected chi connectivity index (χ1v) is 11.8. The molecule has 0 aliphatic carbocycles. The lowest BCUT2D eigenvalue weighted by atomic mass is 10.0. The third-order valence-corrected chi connectivity index (χ3v) is 6.41. The number of thiophene rings is 1. The summed E-state index contributed by atoms with van der Waals surface area (Å²) in [5.74, 6) is 0.590. The van der Waals surface area contributed by atoms with Crippen LogP contribution in [-0.2, 0) is 9.53 Å². The molecule has 1 amide bonds. The van der Waals surface area contributed by atoms with Gasteiger partial charge >= 0.3 is 5.97 Å². The molecule has 0 saturated carbocycles. The highest BCUT2D eigenvalue weighted by Gasteiger charge is 2.23. The Hall–Kier alpha value is -2.65. The summed E-state index contributed by atoms with van der Waals surface area (Å²) in [5.41, 5.74) is 1.99. The zero-order valence-electron chi connectivity index (χ0n) is 18.2. The van der Waals surface area contributed by atoms with Crippen molar-refractivity contribution in [3.8, 4) is 11.1 Å². The molecule has 0 aliphatic rings. The Morgan fingerprint density at radius 1 is 1.16 bits per heavy atom. The number of carbonyl (C=O) groups is 2. The number of rotatable bonds is 8. The lowest BCUT2D eigenvalue weighted by Gasteiger charge is -2.15. The van der Waals surface area contributed by atoms with Gasteiger partial charge in [-0.15, -0.1) is 21.5 Å². The van der Waals surface area contributed by atoms with Gasteiger partial charge in [-0.3, -0.25) is 4.79 Å². The molecular weight excluding hydrogens is 432 g/mol. The smallest absolute Gasteiger partial charge is 0.341 e. The van der Waals surface area contributed by atoms with Crippen LogP contribution in [0.25, 0.3) is 11.1 Å². The first-order valence-electron chi connectivity index (χ1n) is 9.96. The number of benzene rings is 1. The Morgan fingerprint density at radius 3 is 2.48 bits per heavy atom. The highest BCUT2D eigenvalue weighted by Crippen LogP contribution is 2.36. The van der Waals surface area contributed by atoms with Crippen LogP contribution in [0.15, 0.2) is 40.9 Å². The molecular formula is C22H26N4O3S2. The van der Waals surface area contributed by atoms with E-state index in [1.165, 1.54) is 30.2 Å². The van der Waals surface area contributed by atoms with Crippen molar-refractivity contribution in [1.29, 1.82) is 0 Å². The summed E-state index contributed by atoms with van der Waals surface area (Å²) in [6.07, 6.45) is 0. The molecule has 0 saturated heterocycles. The topological polar surface area (TPSA) is 86.1 Å². The Morgan fingerprint density at radius 2 is 1.87 bits per heavy atom. The second kappa shape index (κ2) is 10.1. The van der Waals surface area contributed by atoms with E-state index in [2.05, 4.69) is 47.8 Å². The van der Waals surface area contributed by atoms with Crippen molar-refractivity contribution >= 4 is 40.0 Å². The minimum absolute atomic E-state index is 0.155. The van der Waals surface area contributed by atoms with E-state index in [1.54, 1.807) is 0 Å². The maximum Gasteiger partial charge on any atom is 0.341 e. The predicted molar refractivity (Wildman–Crippen MR) is 125 cm³/mol. The molecule has 3 rings (SSSR count). The van der Waals surface area contributed by atoms with Crippen molar-refractivity contribution < 1.29 is 14.3 Å². The van der Waals surface area contributed by atoms with Crippen molar-refractivity contribution in [2.75, 3.05) is 18.2 Å². The molecule has 0 radical (unpaired) electrons. The SMILES string of the molecule is COC(=O)c1c(-c2ccccc2)csc1NC(=O)CSc1nnc(C(C)C)n1C(C)C. The third-order valence-electron chi connectivity index (χ3n) is 4.57.